The molecule has 0 aromatic carbocycles. The Hall–Kier alpha value is -0.650. The van der Waals surface area contributed by atoms with E-state index in [4.69, 9.17) is 4.74 Å². The zero-order chi connectivity index (χ0) is 11.2. The summed E-state index contributed by atoms with van der Waals surface area (Å²) in [5.74, 6) is 0.269. The molecule has 2 heterocycles. The van der Waals surface area contributed by atoms with Gasteiger partial charge in [-0.05, 0) is 0 Å². The summed E-state index contributed by atoms with van der Waals surface area (Å²) in [4.78, 5) is 16.1. The average Bonchev–Trinajstić information content (AvgIpc) is 2.38. The van der Waals surface area contributed by atoms with E-state index in [-0.39, 0.29) is 5.91 Å². The molecule has 0 spiro atoms. The largest absolute Gasteiger partial charge is 0.378 e. The fourth-order valence-corrected chi connectivity index (χ4v) is 2.10. The quantitative estimate of drug-likeness (QED) is 0.630. The van der Waals surface area contributed by atoms with E-state index in [1.54, 1.807) is 0 Å². The molecule has 0 aromatic heterocycles. The minimum Gasteiger partial charge on any atom is -0.378 e. The summed E-state index contributed by atoms with van der Waals surface area (Å²) in [7, 11) is 0. The monoisotopic (exact) mass is 226 g/mol. The fraction of sp³-hybridized carbons (Fsp3) is 0.909. The van der Waals surface area contributed by atoms with Gasteiger partial charge in [-0.3, -0.25) is 4.79 Å². The van der Waals surface area contributed by atoms with Crippen molar-refractivity contribution in [3.05, 3.63) is 0 Å². The molecular weight excluding hydrogens is 206 g/mol. The minimum atomic E-state index is 0.269. The molecule has 2 saturated heterocycles. The minimum absolute atomic E-state index is 0.269. The zero-order valence-corrected chi connectivity index (χ0v) is 9.73. The van der Waals surface area contributed by atoms with Crippen LogP contribution in [0, 0.1) is 0 Å². The maximum absolute atomic E-state index is 11.9. The summed E-state index contributed by atoms with van der Waals surface area (Å²) >= 11 is 0. The fourth-order valence-electron chi connectivity index (χ4n) is 2.10. The highest BCUT2D eigenvalue weighted by atomic mass is 16.5. The number of carbonyl (C=O) groups excluding carboxylic acids is 1. The van der Waals surface area contributed by atoms with Crippen LogP contribution in [0.2, 0.25) is 0 Å². The first kappa shape index (κ1) is 11.8. The molecule has 0 aromatic rings. The molecule has 16 heavy (non-hydrogen) atoms. The Balaban J connectivity index is 1.65. The summed E-state index contributed by atoms with van der Waals surface area (Å²) in [6, 6.07) is 0. The number of hydrogen-bond donors (Lipinski definition) is 0. The summed E-state index contributed by atoms with van der Waals surface area (Å²) in [6.07, 6.45) is 0.639. The molecule has 0 saturated carbocycles. The smallest absolute Gasteiger partial charge is 0.224 e. The van der Waals surface area contributed by atoms with E-state index in [1.165, 1.54) is 0 Å². The molecule has 0 N–H and O–H groups in total. The van der Waals surface area contributed by atoms with Gasteiger partial charge < -0.3 is 14.5 Å². The highest BCUT2D eigenvalue weighted by Gasteiger charge is 2.18. The van der Waals surface area contributed by atoms with Gasteiger partial charge in [-0.25, -0.2) is 5.32 Å². The van der Waals surface area contributed by atoms with Crippen LogP contribution >= 0.6 is 0 Å². The first-order valence-corrected chi connectivity index (χ1v) is 6.07. The summed E-state index contributed by atoms with van der Waals surface area (Å²) < 4.78 is 5.23. The van der Waals surface area contributed by atoms with Crippen LogP contribution in [-0.2, 0) is 9.53 Å². The molecule has 2 fully saturated rings. The Labute approximate surface area is 96.7 Å². The van der Waals surface area contributed by atoms with Gasteiger partial charge in [-0.2, -0.15) is 0 Å². The third-order valence-corrected chi connectivity index (χ3v) is 3.15. The molecule has 0 atom stereocenters. The van der Waals surface area contributed by atoms with Gasteiger partial charge in [0.15, 0.2) is 0 Å². The highest BCUT2D eigenvalue weighted by molar-refractivity contribution is 5.76. The molecule has 91 valence electrons. The van der Waals surface area contributed by atoms with Crippen LogP contribution in [0.5, 0.6) is 0 Å². The molecule has 5 heteroatoms. The normalized spacial score (nSPS) is 23.4. The van der Waals surface area contributed by atoms with Gasteiger partial charge in [0.25, 0.3) is 0 Å². The van der Waals surface area contributed by atoms with Crippen LogP contribution in [0.1, 0.15) is 6.42 Å². The Bertz CT molecular complexity index is 223. The molecule has 2 aliphatic heterocycles. The van der Waals surface area contributed by atoms with Gasteiger partial charge in [0.05, 0.1) is 13.2 Å². The number of rotatable bonds is 3. The second kappa shape index (κ2) is 6.18. The summed E-state index contributed by atoms with van der Waals surface area (Å²) in [5.41, 5.74) is 0. The van der Waals surface area contributed by atoms with E-state index in [0.717, 1.165) is 45.8 Å². The van der Waals surface area contributed by atoms with Crippen LogP contribution in [0.25, 0.3) is 0 Å². The third kappa shape index (κ3) is 3.43. The molecule has 1 radical (unpaired) electrons. The number of piperazine rings is 1. The molecule has 0 aliphatic carbocycles. The van der Waals surface area contributed by atoms with Gasteiger partial charge in [0.1, 0.15) is 0 Å². The number of carbonyl (C=O) groups is 1. The second-order valence-electron chi connectivity index (χ2n) is 4.26. The highest BCUT2D eigenvalue weighted by Crippen LogP contribution is 2.02. The van der Waals surface area contributed by atoms with E-state index in [2.05, 4.69) is 10.2 Å². The van der Waals surface area contributed by atoms with Gasteiger partial charge in [0.2, 0.25) is 5.91 Å². The van der Waals surface area contributed by atoms with Crippen molar-refractivity contribution in [2.75, 3.05) is 59.0 Å². The predicted octanol–water partition coefficient (Wildman–Crippen LogP) is -0.845. The first-order valence-electron chi connectivity index (χ1n) is 6.07. The van der Waals surface area contributed by atoms with Crippen molar-refractivity contribution in [3.63, 3.8) is 0 Å². The van der Waals surface area contributed by atoms with Gasteiger partial charge in [-0.1, -0.05) is 0 Å². The lowest BCUT2D eigenvalue weighted by atomic mass is 10.3. The van der Waals surface area contributed by atoms with Crippen LogP contribution in [0.15, 0.2) is 0 Å². The Morgan fingerprint density at radius 3 is 2.50 bits per heavy atom. The Morgan fingerprint density at radius 2 is 1.81 bits per heavy atom. The molecule has 1 amide bonds. The van der Waals surface area contributed by atoms with Crippen molar-refractivity contribution >= 4 is 5.91 Å². The SMILES string of the molecule is O=C(CCN1CC[N]CC1)N1CCOCC1. The van der Waals surface area contributed by atoms with Crippen molar-refractivity contribution in [1.82, 2.24) is 15.1 Å². The molecule has 0 bridgehead atoms. The number of ether oxygens (including phenoxy) is 1. The number of nitrogens with zero attached hydrogens (tertiary/aromatic N) is 3. The summed E-state index contributed by atoms with van der Waals surface area (Å²) in [6.45, 7) is 7.64. The third-order valence-electron chi connectivity index (χ3n) is 3.15. The molecule has 2 rings (SSSR count). The maximum Gasteiger partial charge on any atom is 0.224 e. The van der Waals surface area contributed by atoms with Crippen LogP contribution in [0.3, 0.4) is 0 Å². The Morgan fingerprint density at radius 1 is 1.12 bits per heavy atom. The topological polar surface area (TPSA) is 46.9 Å². The van der Waals surface area contributed by atoms with Crippen LogP contribution in [0.4, 0.5) is 0 Å². The van der Waals surface area contributed by atoms with Gasteiger partial charge >= 0.3 is 0 Å². The molecule has 2 aliphatic rings. The predicted molar refractivity (Wildman–Crippen MR) is 60.3 cm³/mol. The van der Waals surface area contributed by atoms with Crippen molar-refractivity contribution < 1.29 is 9.53 Å². The lowest BCUT2D eigenvalue weighted by molar-refractivity contribution is -0.135. The second-order valence-corrected chi connectivity index (χ2v) is 4.26. The van der Waals surface area contributed by atoms with E-state index >= 15 is 0 Å². The van der Waals surface area contributed by atoms with Crippen molar-refractivity contribution in [2.24, 2.45) is 0 Å². The molecule has 5 nitrogen and oxygen atoms in total. The standard InChI is InChI=1S/C11H20N3O2/c15-11(14-7-9-16-10-8-14)1-4-13-5-2-12-3-6-13/h1-10H2. The zero-order valence-electron chi connectivity index (χ0n) is 9.73. The molecule has 0 unspecified atom stereocenters. The van der Waals surface area contributed by atoms with Crippen molar-refractivity contribution in [3.8, 4) is 0 Å². The van der Waals surface area contributed by atoms with Crippen molar-refractivity contribution in [1.29, 1.82) is 0 Å². The lowest BCUT2D eigenvalue weighted by Crippen LogP contribution is -2.44. The average molecular weight is 226 g/mol. The summed E-state index contributed by atoms with van der Waals surface area (Å²) in [5, 5.41) is 4.29. The van der Waals surface area contributed by atoms with E-state index < -0.39 is 0 Å². The number of morpholine rings is 1. The number of amides is 1. The van der Waals surface area contributed by atoms with E-state index in [9.17, 15) is 4.79 Å². The number of hydrogen-bond acceptors (Lipinski definition) is 3. The van der Waals surface area contributed by atoms with Gasteiger partial charge in [0, 0.05) is 52.2 Å². The lowest BCUT2D eigenvalue weighted by Gasteiger charge is -2.29. The van der Waals surface area contributed by atoms with Gasteiger partial charge in [-0.15, -0.1) is 0 Å². The van der Waals surface area contributed by atoms with E-state index in [1.807, 2.05) is 4.90 Å². The van der Waals surface area contributed by atoms with Crippen LogP contribution in [-0.4, -0.2) is 74.7 Å². The van der Waals surface area contributed by atoms with E-state index in [0.29, 0.717) is 19.6 Å². The van der Waals surface area contributed by atoms with Crippen molar-refractivity contribution in [2.45, 2.75) is 6.42 Å². The Kier molecular flexibility index (Phi) is 4.56. The van der Waals surface area contributed by atoms with Crippen LogP contribution < -0.4 is 5.32 Å². The molecular formula is C11H20N3O2. The maximum atomic E-state index is 11.9. The first-order chi connectivity index (χ1) is 7.86.